The number of nitrogens with one attached hydrogen (secondary N) is 1. The molecule has 0 fully saturated rings. The van der Waals surface area contributed by atoms with Gasteiger partial charge < -0.3 is 19.4 Å². The summed E-state index contributed by atoms with van der Waals surface area (Å²) in [5.74, 6) is 0.968. The molecular weight excluding hydrogens is 416 g/mol. The molecule has 0 spiro atoms. The van der Waals surface area contributed by atoms with Crippen LogP contribution in [-0.4, -0.2) is 29.9 Å². The van der Waals surface area contributed by atoms with Crippen LogP contribution in [0.3, 0.4) is 0 Å². The average molecular weight is 441 g/mol. The molecule has 2 aromatic carbocycles. The number of methoxy groups -OCH3 is 1. The average Bonchev–Trinajstić information content (AvgIpc) is 3.31. The van der Waals surface area contributed by atoms with E-state index in [0.717, 1.165) is 16.9 Å². The van der Waals surface area contributed by atoms with Crippen LogP contribution in [0.15, 0.2) is 71.3 Å². The Morgan fingerprint density at radius 3 is 2.35 bits per heavy atom. The van der Waals surface area contributed by atoms with E-state index in [2.05, 4.69) is 5.32 Å². The van der Waals surface area contributed by atoms with Crippen molar-refractivity contribution in [2.75, 3.05) is 7.11 Å². The van der Waals surface area contributed by atoms with Crippen molar-refractivity contribution in [2.45, 2.75) is 32.5 Å². The lowest BCUT2D eigenvalue weighted by atomic mass is 10.1. The van der Waals surface area contributed by atoms with Crippen LogP contribution in [0.5, 0.6) is 5.75 Å². The quantitative estimate of drug-likeness (QED) is 0.540. The van der Waals surface area contributed by atoms with Crippen molar-refractivity contribution in [1.82, 2.24) is 10.2 Å². The first-order valence-corrected chi connectivity index (χ1v) is 10.3. The van der Waals surface area contributed by atoms with Crippen LogP contribution in [-0.2, 0) is 29.1 Å². The minimum Gasteiger partial charge on any atom is -0.497 e. The fourth-order valence-corrected chi connectivity index (χ4v) is 3.25. The van der Waals surface area contributed by atoms with Crippen molar-refractivity contribution >= 4 is 23.4 Å². The zero-order valence-corrected chi connectivity index (χ0v) is 18.3. The number of benzene rings is 2. The van der Waals surface area contributed by atoms with Gasteiger partial charge in [0.2, 0.25) is 11.8 Å². The molecule has 0 aliphatic carbocycles. The standard InChI is InChI=1S/C24H25ClN2O4/c1-17(24(29)26-15-22-4-3-13-31-22)27(16-19-7-11-21(30-2)12-8-19)23(28)14-18-5-9-20(25)10-6-18/h3-13,17H,14-16H2,1-2H3,(H,26,29)/t17-/m0/s1. The lowest BCUT2D eigenvalue weighted by Crippen LogP contribution is -2.47. The molecule has 3 rings (SSSR count). The summed E-state index contributed by atoms with van der Waals surface area (Å²) >= 11 is 5.95. The second kappa shape index (κ2) is 10.7. The Balaban J connectivity index is 1.74. The molecule has 3 aromatic rings. The predicted octanol–water partition coefficient (Wildman–Crippen LogP) is 4.22. The van der Waals surface area contributed by atoms with E-state index in [-0.39, 0.29) is 24.8 Å². The highest BCUT2D eigenvalue weighted by Crippen LogP contribution is 2.17. The Labute approximate surface area is 186 Å². The van der Waals surface area contributed by atoms with Crippen molar-refractivity contribution in [1.29, 1.82) is 0 Å². The summed E-state index contributed by atoms with van der Waals surface area (Å²) in [7, 11) is 1.60. The number of carbonyl (C=O) groups is 2. The second-order valence-corrected chi connectivity index (χ2v) is 7.58. The van der Waals surface area contributed by atoms with Crippen LogP contribution in [0, 0.1) is 0 Å². The van der Waals surface area contributed by atoms with Crippen molar-refractivity contribution in [3.8, 4) is 5.75 Å². The maximum atomic E-state index is 13.2. The third-order valence-corrected chi connectivity index (χ3v) is 5.22. The Morgan fingerprint density at radius 2 is 1.74 bits per heavy atom. The Morgan fingerprint density at radius 1 is 1.06 bits per heavy atom. The lowest BCUT2D eigenvalue weighted by molar-refractivity contribution is -0.140. The van der Waals surface area contributed by atoms with Gasteiger partial charge in [-0.25, -0.2) is 0 Å². The third kappa shape index (κ3) is 6.36. The zero-order valence-electron chi connectivity index (χ0n) is 17.5. The molecular formula is C24H25ClN2O4. The number of rotatable bonds is 9. The molecule has 1 aromatic heterocycles. The van der Waals surface area contributed by atoms with Crippen LogP contribution < -0.4 is 10.1 Å². The van der Waals surface area contributed by atoms with E-state index in [0.29, 0.717) is 17.3 Å². The van der Waals surface area contributed by atoms with Crippen molar-refractivity contribution in [2.24, 2.45) is 0 Å². The van der Waals surface area contributed by atoms with E-state index in [1.54, 1.807) is 49.5 Å². The molecule has 0 saturated heterocycles. The van der Waals surface area contributed by atoms with E-state index in [9.17, 15) is 9.59 Å². The van der Waals surface area contributed by atoms with Crippen LogP contribution in [0.25, 0.3) is 0 Å². The SMILES string of the molecule is COc1ccc(CN(C(=O)Cc2ccc(Cl)cc2)[C@@H](C)C(=O)NCc2ccco2)cc1. The van der Waals surface area contributed by atoms with Gasteiger partial charge in [-0.1, -0.05) is 35.9 Å². The molecule has 7 heteroatoms. The number of halogens is 1. The van der Waals surface area contributed by atoms with E-state index < -0.39 is 6.04 Å². The Bertz CT molecular complexity index is 985. The van der Waals surface area contributed by atoms with E-state index in [1.165, 1.54) is 0 Å². The molecule has 0 saturated carbocycles. The fourth-order valence-electron chi connectivity index (χ4n) is 3.12. The van der Waals surface area contributed by atoms with Gasteiger partial charge in [0.15, 0.2) is 0 Å². The fraction of sp³-hybridized carbons (Fsp3) is 0.250. The van der Waals surface area contributed by atoms with Crippen LogP contribution in [0.4, 0.5) is 0 Å². The summed E-state index contributed by atoms with van der Waals surface area (Å²) in [5, 5.41) is 3.44. The highest BCUT2D eigenvalue weighted by Gasteiger charge is 2.26. The molecule has 0 unspecified atom stereocenters. The predicted molar refractivity (Wildman–Crippen MR) is 119 cm³/mol. The van der Waals surface area contributed by atoms with Gasteiger partial charge in [0.1, 0.15) is 17.6 Å². The highest BCUT2D eigenvalue weighted by atomic mass is 35.5. The summed E-state index contributed by atoms with van der Waals surface area (Å²) in [6.45, 7) is 2.28. The van der Waals surface area contributed by atoms with Crippen molar-refractivity contribution in [3.63, 3.8) is 0 Å². The maximum Gasteiger partial charge on any atom is 0.242 e. The first kappa shape index (κ1) is 22.4. The molecule has 0 bridgehead atoms. The molecule has 0 radical (unpaired) electrons. The second-order valence-electron chi connectivity index (χ2n) is 7.15. The number of furan rings is 1. The molecule has 0 aliphatic heterocycles. The van der Waals surface area contributed by atoms with Gasteiger partial charge in [0, 0.05) is 11.6 Å². The third-order valence-electron chi connectivity index (χ3n) is 4.96. The summed E-state index contributed by atoms with van der Waals surface area (Å²) in [6.07, 6.45) is 1.72. The minimum absolute atomic E-state index is 0.154. The Hall–Kier alpha value is -3.25. The van der Waals surface area contributed by atoms with Gasteiger partial charge in [-0.05, 0) is 54.4 Å². The van der Waals surface area contributed by atoms with Gasteiger partial charge in [-0.15, -0.1) is 0 Å². The van der Waals surface area contributed by atoms with Gasteiger partial charge in [0.05, 0.1) is 26.3 Å². The summed E-state index contributed by atoms with van der Waals surface area (Å²) in [4.78, 5) is 27.5. The first-order chi connectivity index (χ1) is 15.0. The van der Waals surface area contributed by atoms with Crippen molar-refractivity contribution in [3.05, 3.63) is 88.8 Å². The van der Waals surface area contributed by atoms with Crippen LogP contribution in [0.2, 0.25) is 5.02 Å². The smallest absolute Gasteiger partial charge is 0.242 e. The summed E-state index contributed by atoms with van der Waals surface area (Å²) in [5.41, 5.74) is 1.73. The van der Waals surface area contributed by atoms with Gasteiger partial charge in [-0.3, -0.25) is 9.59 Å². The Kier molecular flexibility index (Phi) is 7.73. The largest absolute Gasteiger partial charge is 0.497 e. The molecule has 6 nitrogen and oxygen atoms in total. The summed E-state index contributed by atoms with van der Waals surface area (Å²) in [6, 6.07) is 17.4. The molecule has 1 atom stereocenters. The summed E-state index contributed by atoms with van der Waals surface area (Å²) < 4.78 is 10.5. The number of amides is 2. The number of hydrogen-bond donors (Lipinski definition) is 1. The number of ether oxygens (including phenoxy) is 1. The lowest BCUT2D eigenvalue weighted by Gasteiger charge is -2.29. The zero-order chi connectivity index (χ0) is 22.2. The maximum absolute atomic E-state index is 13.2. The van der Waals surface area contributed by atoms with Crippen LogP contribution in [0.1, 0.15) is 23.8 Å². The molecule has 1 N–H and O–H groups in total. The topological polar surface area (TPSA) is 71.8 Å². The van der Waals surface area contributed by atoms with Crippen LogP contribution >= 0.6 is 11.6 Å². The van der Waals surface area contributed by atoms with Gasteiger partial charge in [0.25, 0.3) is 0 Å². The molecule has 162 valence electrons. The monoisotopic (exact) mass is 440 g/mol. The molecule has 1 heterocycles. The first-order valence-electron chi connectivity index (χ1n) is 9.93. The number of hydrogen-bond acceptors (Lipinski definition) is 4. The van der Waals surface area contributed by atoms with E-state index in [1.807, 2.05) is 36.4 Å². The molecule has 2 amide bonds. The minimum atomic E-state index is -0.670. The van der Waals surface area contributed by atoms with Gasteiger partial charge >= 0.3 is 0 Å². The highest BCUT2D eigenvalue weighted by molar-refractivity contribution is 6.30. The molecule has 0 aliphatic rings. The normalized spacial score (nSPS) is 11.6. The van der Waals surface area contributed by atoms with Gasteiger partial charge in [-0.2, -0.15) is 0 Å². The van der Waals surface area contributed by atoms with E-state index >= 15 is 0 Å². The van der Waals surface area contributed by atoms with Crippen molar-refractivity contribution < 1.29 is 18.7 Å². The van der Waals surface area contributed by atoms with E-state index in [4.69, 9.17) is 20.8 Å². The number of nitrogens with zero attached hydrogens (tertiary/aromatic N) is 1. The number of carbonyl (C=O) groups excluding carboxylic acids is 2. The molecule has 31 heavy (non-hydrogen) atoms.